The first-order valence-electron chi connectivity index (χ1n) is 9.43. The van der Waals surface area contributed by atoms with Gasteiger partial charge in [0.1, 0.15) is 24.6 Å². The van der Waals surface area contributed by atoms with Crippen molar-refractivity contribution >= 4 is 0 Å². The maximum absolute atomic E-state index is 5.64. The number of rotatable bonds is 8. The highest BCUT2D eigenvalue weighted by Gasteiger charge is 2.15. The van der Waals surface area contributed by atoms with E-state index >= 15 is 0 Å². The van der Waals surface area contributed by atoms with Gasteiger partial charge in [0.15, 0.2) is 0 Å². The summed E-state index contributed by atoms with van der Waals surface area (Å²) in [6, 6.07) is 13.0. The molecule has 0 N–H and O–H groups in total. The number of hydrogen-bond acceptors (Lipinski definition) is 2. The molecule has 4 nitrogen and oxygen atoms in total. The summed E-state index contributed by atoms with van der Waals surface area (Å²) in [6.07, 6.45) is 0.794. The first kappa shape index (κ1) is 21.3. The molecule has 2 rings (SSSR count). The van der Waals surface area contributed by atoms with Crippen molar-refractivity contribution in [1.82, 2.24) is 0 Å². The Hall–Kier alpha value is -2.04. The topological polar surface area (TPSA) is 18.5 Å². The van der Waals surface area contributed by atoms with Gasteiger partial charge in [-0.05, 0) is 47.5 Å². The molecule has 0 saturated heterocycles. The van der Waals surface area contributed by atoms with E-state index in [-0.39, 0.29) is 0 Å². The molecule has 0 amide bonds. The largest absolute Gasteiger partial charge is 0.496 e. The molecule has 0 aliphatic carbocycles. The highest BCUT2D eigenvalue weighted by Crippen LogP contribution is 2.29. The second kappa shape index (κ2) is 8.32. The highest BCUT2D eigenvalue weighted by atomic mass is 16.5. The number of methoxy groups -OCH3 is 2. The fourth-order valence-corrected chi connectivity index (χ4v) is 3.44. The molecule has 0 heterocycles. The third-order valence-electron chi connectivity index (χ3n) is 4.38. The van der Waals surface area contributed by atoms with Crippen LogP contribution in [0.4, 0.5) is 0 Å². The van der Waals surface area contributed by atoms with Crippen molar-refractivity contribution in [1.29, 1.82) is 0 Å². The summed E-state index contributed by atoms with van der Waals surface area (Å²) in [5, 5.41) is 0. The first-order chi connectivity index (χ1) is 12.5. The minimum absolute atomic E-state index is 0.794. The molecule has 27 heavy (non-hydrogen) atoms. The monoisotopic (exact) mass is 372 g/mol. The Kier molecular flexibility index (Phi) is 6.55. The van der Waals surface area contributed by atoms with E-state index in [4.69, 9.17) is 9.47 Å². The van der Waals surface area contributed by atoms with Crippen molar-refractivity contribution in [2.75, 3.05) is 56.5 Å². The smallest absolute Gasteiger partial charge is 0.122 e. The summed E-state index contributed by atoms with van der Waals surface area (Å²) < 4.78 is 13.1. The fraction of sp³-hybridized carbons (Fsp3) is 0.478. The average Bonchev–Trinajstić information content (AvgIpc) is 2.52. The van der Waals surface area contributed by atoms with Crippen LogP contribution in [0.15, 0.2) is 36.4 Å². The molecule has 0 atom stereocenters. The predicted molar refractivity (Wildman–Crippen MR) is 112 cm³/mol. The molecular formula is C23H36N2O2+2. The zero-order valence-electron chi connectivity index (χ0n) is 18.3. The zero-order chi connectivity index (χ0) is 20.2. The van der Waals surface area contributed by atoms with E-state index in [0.717, 1.165) is 40.0 Å². The summed E-state index contributed by atoms with van der Waals surface area (Å²) in [5.41, 5.74) is 5.04. The van der Waals surface area contributed by atoms with E-state index in [0.29, 0.717) is 0 Å². The van der Waals surface area contributed by atoms with Crippen molar-refractivity contribution in [3.05, 3.63) is 58.7 Å². The van der Waals surface area contributed by atoms with Gasteiger partial charge in [0.25, 0.3) is 0 Å². The molecule has 0 aliphatic rings. The van der Waals surface area contributed by atoms with Crippen molar-refractivity contribution in [2.45, 2.75) is 19.5 Å². The second-order valence-corrected chi connectivity index (χ2v) is 9.37. The molecule has 0 radical (unpaired) electrons. The standard InChI is InChI=1S/C23H36N2O2/c1-24(2,3)16-18-9-11-22(26-7)20(13-18)15-21-14-19(17-25(4,5)6)10-12-23(21)27-8/h9-14H,15-17H2,1-8H3/q+2. The van der Waals surface area contributed by atoms with Gasteiger partial charge in [0.2, 0.25) is 0 Å². The lowest BCUT2D eigenvalue weighted by Gasteiger charge is -2.25. The molecular weight excluding hydrogens is 336 g/mol. The van der Waals surface area contributed by atoms with Crippen LogP contribution in [0.5, 0.6) is 11.5 Å². The third-order valence-corrected chi connectivity index (χ3v) is 4.38. The Morgan fingerprint density at radius 1 is 0.630 bits per heavy atom. The van der Waals surface area contributed by atoms with Crippen LogP contribution in [-0.4, -0.2) is 65.5 Å². The van der Waals surface area contributed by atoms with Crippen LogP contribution in [0.1, 0.15) is 22.3 Å². The summed E-state index contributed by atoms with van der Waals surface area (Å²) >= 11 is 0. The van der Waals surface area contributed by atoms with Crippen LogP contribution >= 0.6 is 0 Å². The maximum atomic E-state index is 5.64. The molecule has 0 fully saturated rings. The van der Waals surface area contributed by atoms with E-state index in [1.807, 2.05) is 0 Å². The van der Waals surface area contributed by atoms with E-state index in [1.165, 1.54) is 22.3 Å². The van der Waals surface area contributed by atoms with Crippen LogP contribution in [0.3, 0.4) is 0 Å². The minimum atomic E-state index is 0.794. The van der Waals surface area contributed by atoms with Crippen LogP contribution in [-0.2, 0) is 19.5 Å². The molecule has 2 aromatic carbocycles. The number of quaternary nitrogens is 2. The SMILES string of the molecule is COc1ccc(C[N+](C)(C)C)cc1Cc1cc(C[N+](C)(C)C)ccc1OC. The predicted octanol–water partition coefficient (Wildman–Crippen LogP) is 3.71. The molecule has 0 bridgehead atoms. The van der Waals surface area contributed by atoms with E-state index in [1.54, 1.807) is 14.2 Å². The molecule has 0 unspecified atom stereocenters. The Labute approximate surface area is 165 Å². The molecule has 0 aliphatic heterocycles. The molecule has 2 aromatic rings. The van der Waals surface area contributed by atoms with Gasteiger partial charge in [-0.2, -0.15) is 0 Å². The summed E-state index contributed by atoms with van der Waals surface area (Å²) in [7, 11) is 16.7. The van der Waals surface area contributed by atoms with E-state index in [2.05, 4.69) is 78.7 Å². The van der Waals surface area contributed by atoms with Gasteiger partial charge in [-0.1, -0.05) is 0 Å². The molecule has 148 valence electrons. The molecule has 0 saturated carbocycles. The van der Waals surface area contributed by atoms with Gasteiger partial charge in [-0.3, -0.25) is 0 Å². The number of hydrogen-bond donors (Lipinski definition) is 0. The number of nitrogens with zero attached hydrogens (tertiary/aromatic N) is 2. The van der Waals surface area contributed by atoms with Crippen LogP contribution < -0.4 is 9.47 Å². The normalized spacial score (nSPS) is 12.1. The lowest BCUT2D eigenvalue weighted by atomic mass is 9.98. The van der Waals surface area contributed by atoms with Crippen LogP contribution in [0.25, 0.3) is 0 Å². The van der Waals surface area contributed by atoms with Crippen LogP contribution in [0, 0.1) is 0 Å². The highest BCUT2D eigenvalue weighted by molar-refractivity contribution is 5.45. The minimum Gasteiger partial charge on any atom is -0.496 e. The number of ether oxygens (including phenoxy) is 2. The van der Waals surface area contributed by atoms with Crippen molar-refractivity contribution in [3.63, 3.8) is 0 Å². The molecule has 0 aromatic heterocycles. The van der Waals surface area contributed by atoms with Crippen molar-refractivity contribution in [2.24, 2.45) is 0 Å². The van der Waals surface area contributed by atoms with Gasteiger partial charge in [0, 0.05) is 17.5 Å². The number of benzene rings is 2. The lowest BCUT2D eigenvalue weighted by molar-refractivity contribution is -0.884. The van der Waals surface area contributed by atoms with Crippen LogP contribution in [0.2, 0.25) is 0 Å². The summed E-state index contributed by atoms with van der Waals surface area (Å²) in [4.78, 5) is 0. The van der Waals surface area contributed by atoms with E-state index < -0.39 is 0 Å². The lowest BCUT2D eigenvalue weighted by Crippen LogP contribution is -2.33. The van der Waals surface area contributed by atoms with Crippen molar-refractivity contribution < 1.29 is 18.4 Å². The average molecular weight is 373 g/mol. The zero-order valence-corrected chi connectivity index (χ0v) is 18.3. The molecule has 4 heteroatoms. The Morgan fingerprint density at radius 2 is 1.00 bits per heavy atom. The summed E-state index contributed by atoms with van der Waals surface area (Å²) in [5.74, 6) is 1.86. The Morgan fingerprint density at radius 3 is 1.30 bits per heavy atom. The van der Waals surface area contributed by atoms with Crippen molar-refractivity contribution in [3.8, 4) is 11.5 Å². The van der Waals surface area contributed by atoms with Gasteiger partial charge in [-0.25, -0.2) is 0 Å². The fourth-order valence-electron chi connectivity index (χ4n) is 3.44. The van der Waals surface area contributed by atoms with E-state index in [9.17, 15) is 0 Å². The Balaban J connectivity index is 2.39. The van der Waals surface area contributed by atoms with Gasteiger partial charge in [0.05, 0.1) is 56.5 Å². The summed E-state index contributed by atoms with van der Waals surface area (Å²) in [6.45, 7) is 1.96. The van der Waals surface area contributed by atoms with Gasteiger partial charge in [-0.15, -0.1) is 0 Å². The van der Waals surface area contributed by atoms with Gasteiger partial charge >= 0.3 is 0 Å². The molecule has 0 spiro atoms. The second-order valence-electron chi connectivity index (χ2n) is 9.37. The van der Waals surface area contributed by atoms with Gasteiger partial charge < -0.3 is 18.4 Å². The quantitative estimate of drug-likeness (QED) is 0.658. The first-order valence-corrected chi connectivity index (χ1v) is 9.43. The maximum Gasteiger partial charge on any atom is 0.122 e. The third kappa shape index (κ3) is 6.56. The Bertz CT molecular complexity index is 705.